The number of carbonyl (C=O) groups is 1. The largest absolute Gasteiger partial charge is 0.369 e. The number of nitrogens with one attached hydrogen (secondary N) is 1. The third-order valence-corrected chi connectivity index (χ3v) is 4.90. The quantitative estimate of drug-likeness (QED) is 0.907. The van der Waals surface area contributed by atoms with Crippen molar-refractivity contribution in [3.8, 4) is 0 Å². The summed E-state index contributed by atoms with van der Waals surface area (Å²) in [6.45, 7) is 5.59. The lowest BCUT2D eigenvalue weighted by atomic mass is 10.2. The average Bonchev–Trinajstić information content (AvgIpc) is 3.47. The summed E-state index contributed by atoms with van der Waals surface area (Å²) in [6.07, 6.45) is 5.81. The fraction of sp³-hybridized carbons (Fsp3) is 0.421. The minimum atomic E-state index is -0.165. The van der Waals surface area contributed by atoms with Crippen molar-refractivity contribution in [2.24, 2.45) is 5.92 Å². The van der Waals surface area contributed by atoms with Crippen LogP contribution in [0.3, 0.4) is 0 Å². The molecule has 6 heteroatoms. The topological polar surface area (TPSA) is 61.4 Å². The Morgan fingerprint density at radius 2 is 1.96 bits per heavy atom. The SMILES string of the molecule is O=C(Nc1cccc(N2CCN(CC3CC3)CC2)c1)c1ccnnc1. The maximum absolute atomic E-state index is 12.3. The summed E-state index contributed by atoms with van der Waals surface area (Å²) in [7, 11) is 0. The molecule has 1 aromatic carbocycles. The zero-order valence-corrected chi connectivity index (χ0v) is 14.3. The standard InChI is InChI=1S/C19H23N5O/c25-19(16-6-7-20-21-13-16)22-17-2-1-3-18(12-17)24-10-8-23(9-11-24)14-15-4-5-15/h1-3,6-7,12-13,15H,4-5,8-11,14H2,(H,22,25). The minimum absolute atomic E-state index is 0.165. The Morgan fingerprint density at radius 3 is 2.68 bits per heavy atom. The predicted molar refractivity (Wildman–Crippen MR) is 97.8 cm³/mol. The molecule has 0 bridgehead atoms. The molecule has 1 amide bonds. The van der Waals surface area contributed by atoms with Gasteiger partial charge in [-0.25, -0.2) is 0 Å². The maximum atomic E-state index is 12.3. The van der Waals surface area contributed by atoms with E-state index in [1.807, 2.05) is 18.2 Å². The number of amides is 1. The predicted octanol–water partition coefficient (Wildman–Crippen LogP) is 2.26. The van der Waals surface area contributed by atoms with E-state index < -0.39 is 0 Å². The molecule has 1 saturated carbocycles. The first-order valence-corrected chi connectivity index (χ1v) is 8.93. The number of rotatable bonds is 5. The zero-order valence-electron chi connectivity index (χ0n) is 14.3. The summed E-state index contributed by atoms with van der Waals surface area (Å²) >= 11 is 0. The summed E-state index contributed by atoms with van der Waals surface area (Å²) in [4.78, 5) is 17.2. The van der Waals surface area contributed by atoms with Gasteiger partial charge in [-0.1, -0.05) is 6.07 Å². The molecule has 2 aromatic rings. The molecule has 0 radical (unpaired) electrons. The van der Waals surface area contributed by atoms with Crippen LogP contribution in [0.4, 0.5) is 11.4 Å². The molecule has 0 atom stereocenters. The highest BCUT2D eigenvalue weighted by Crippen LogP contribution is 2.30. The van der Waals surface area contributed by atoms with E-state index in [9.17, 15) is 4.79 Å². The molecule has 2 fully saturated rings. The fourth-order valence-corrected chi connectivity index (χ4v) is 3.26. The fourth-order valence-electron chi connectivity index (χ4n) is 3.26. The van der Waals surface area contributed by atoms with E-state index in [0.29, 0.717) is 5.56 Å². The van der Waals surface area contributed by atoms with Gasteiger partial charge in [0.2, 0.25) is 0 Å². The third kappa shape index (κ3) is 4.14. The first-order valence-electron chi connectivity index (χ1n) is 8.93. The van der Waals surface area contributed by atoms with Gasteiger partial charge in [-0.05, 0) is 43.0 Å². The monoisotopic (exact) mass is 337 g/mol. The lowest BCUT2D eigenvalue weighted by Crippen LogP contribution is -2.47. The smallest absolute Gasteiger partial charge is 0.257 e. The molecule has 1 saturated heterocycles. The van der Waals surface area contributed by atoms with Gasteiger partial charge in [0, 0.05) is 44.1 Å². The van der Waals surface area contributed by atoms with Crippen molar-refractivity contribution >= 4 is 17.3 Å². The van der Waals surface area contributed by atoms with Crippen LogP contribution in [-0.2, 0) is 0 Å². The number of hydrogen-bond acceptors (Lipinski definition) is 5. The Bertz CT molecular complexity index is 724. The van der Waals surface area contributed by atoms with Crippen LogP contribution < -0.4 is 10.2 Å². The molecule has 1 N–H and O–H groups in total. The van der Waals surface area contributed by atoms with Crippen molar-refractivity contribution in [3.05, 3.63) is 48.3 Å². The van der Waals surface area contributed by atoms with Crippen molar-refractivity contribution in [2.45, 2.75) is 12.8 Å². The van der Waals surface area contributed by atoms with E-state index in [-0.39, 0.29) is 5.91 Å². The van der Waals surface area contributed by atoms with Crippen molar-refractivity contribution in [2.75, 3.05) is 42.9 Å². The minimum Gasteiger partial charge on any atom is -0.369 e. The van der Waals surface area contributed by atoms with Gasteiger partial charge in [0.1, 0.15) is 0 Å². The second kappa shape index (κ2) is 7.19. The van der Waals surface area contributed by atoms with Gasteiger partial charge in [-0.3, -0.25) is 9.69 Å². The van der Waals surface area contributed by atoms with Crippen molar-refractivity contribution in [1.82, 2.24) is 15.1 Å². The summed E-state index contributed by atoms with van der Waals surface area (Å²) in [5, 5.41) is 10.4. The second-order valence-corrected chi connectivity index (χ2v) is 6.87. The van der Waals surface area contributed by atoms with Crippen LogP contribution >= 0.6 is 0 Å². The summed E-state index contributed by atoms with van der Waals surface area (Å²) in [5.41, 5.74) is 2.48. The van der Waals surface area contributed by atoms with Crippen LogP contribution in [0, 0.1) is 5.92 Å². The van der Waals surface area contributed by atoms with Gasteiger partial charge in [-0.2, -0.15) is 10.2 Å². The number of aromatic nitrogens is 2. The number of nitrogens with zero attached hydrogens (tertiary/aromatic N) is 4. The number of hydrogen-bond donors (Lipinski definition) is 1. The molecular formula is C19H23N5O. The lowest BCUT2D eigenvalue weighted by Gasteiger charge is -2.36. The highest BCUT2D eigenvalue weighted by atomic mass is 16.1. The van der Waals surface area contributed by atoms with Crippen LogP contribution in [0.2, 0.25) is 0 Å². The van der Waals surface area contributed by atoms with Gasteiger partial charge < -0.3 is 10.2 Å². The molecule has 25 heavy (non-hydrogen) atoms. The number of carbonyl (C=O) groups excluding carboxylic acids is 1. The Morgan fingerprint density at radius 1 is 1.12 bits per heavy atom. The van der Waals surface area contributed by atoms with Crippen LogP contribution in [0.25, 0.3) is 0 Å². The molecular weight excluding hydrogens is 314 g/mol. The van der Waals surface area contributed by atoms with Gasteiger partial charge in [0.05, 0.1) is 18.0 Å². The molecule has 6 nitrogen and oxygen atoms in total. The third-order valence-electron chi connectivity index (χ3n) is 4.90. The van der Waals surface area contributed by atoms with E-state index in [2.05, 4.69) is 31.4 Å². The molecule has 1 aromatic heterocycles. The summed E-state index contributed by atoms with van der Waals surface area (Å²) in [6, 6.07) is 9.72. The van der Waals surface area contributed by atoms with Crippen LogP contribution in [-0.4, -0.2) is 53.7 Å². The number of benzene rings is 1. The maximum Gasteiger partial charge on any atom is 0.257 e. The van der Waals surface area contributed by atoms with Gasteiger partial charge in [0.15, 0.2) is 0 Å². The Labute approximate surface area is 147 Å². The average molecular weight is 337 g/mol. The Balaban J connectivity index is 1.37. The van der Waals surface area contributed by atoms with Crippen LogP contribution in [0.15, 0.2) is 42.7 Å². The molecule has 0 spiro atoms. The Hall–Kier alpha value is -2.47. The highest BCUT2D eigenvalue weighted by Gasteiger charge is 2.26. The normalized spacial score (nSPS) is 18.2. The number of anilines is 2. The molecule has 130 valence electrons. The number of piperazine rings is 1. The summed E-state index contributed by atoms with van der Waals surface area (Å²) < 4.78 is 0. The Kier molecular flexibility index (Phi) is 4.61. The van der Waals surface area contributed by atoms with E-state index >= 15 is 0 Å². The van der Waals surface area contributed by atoms with Crippen molar-refractivity contribution in [3.63, 3.8) is 0 Å². The van der Waals surface area contributed by atoms with Crippen LogP contribution in [0.1, 0.15) is 23.2 Å². The molecule has 2 heterocycles. The summed E-state index contributed by atoms with van der Waals surface area (Å²) in [5.74, 6) is 0.786. The molecule has 1 aliphatic carbocycles. The van der Waals surface area contributed by atoms with E-state index in [1.165, 1.54) is 31.8 Å². The van der Waals surface area contributed by atoms with Gasteiger partial charge in [0.25, 0.3) is 5.91 Å². The molecule has 4 rings (SSSR count). The lowest BCUT2D eigenvalue weighted by molar-refractivity contribution is 0.102. The molecule has 1 aliphatic heterocycles. The van der Waals surface area contributed by atoms with Crippen LogP contribution in [0.5, 0.6) is 0 Å². The molecule has 0 unspecified atom stereocenters. The van der Waals surface area contributed by atoms with Gasteiger partial charge in [-0.15, -0.1) is 0 Å². The van der Waals surface area contributed by atoms with E-state index in [0.717, 1.165) is 43.5 Å². The highest BCUT2D eigenvalue weighted by molar-refractivity contribution is 6.04. The first kappa shape index (κ1) is 16.0. The first-order chi connectivity index (χ1) is 12.3. The molecule has 2 aliphatic rings. The second-order valence-electron chi connectivity index (χ2n) is 6.87. The van der Waals surface area contributed by atoms with Crippen molar-refractivity contribution in [1.29, 1.82) is 0 Å². The van der Waals surface area contributed by atoms with Gasteiger partial charge >= 0.3 is 0 Å². The van der Waals surface area contributed by atoms with E-state index in [4.69, 9.17) is 0 Å². The zero-order chi connectivity index (χ0) is 17.1. The van der Waals surface area contributed by atoms with E-state index in [1.54, 1.807) is 6.07 Å². The van der Waals surface area contributed by atoms with Crippen molar-refractivity contribution < 1.29 is 4.79 Å².